The molecule has 0 heterocycles. The van der Waals surface area contributed by atoms with E-state index in [4.69, 9.17) is 14.6 Å². The van der Waals surface area contributed by atoms with Crippen LogP contribution in [0.4, 0.5) is 0 Å². The molecular formula is C20H23NO5. The van der Waals surface area contributed by atoms with Crippen molar-refractivity contribution in [1.82, 2.24) is 5.32 Å². The van der Waals surface area contributed by atoms with Crippen molar-refractivity contribution in [3.05, 3.63) is 65.7 Å². The van der Waals surface area contributed by atoms with Crippen LogP contribution in [0.15, 0.2) is 54.6 Å². The van der Waals surface area contributed by atoms with E-state index < -0.39 is 5.97 Å². The fourth-order valence-electron chi connectivity index (χ4n) is 2.45. The summed E-state index contributed by atoms with van der Waals surface area (Å²) in [4.78, 5) is 21.9. The second-order valence-electron chi connectivity index (χ2n) is 5.78. The Balaban J connectivity index is 1.74. The largest absolute Gasteiger partial charge is 0.492 e. The summed E-state index contributed by atoms with van der Waals surface area (Å²) in [6.45, 7) is 2.92. The van der Waals surface area contributed by atoms with E-state index in [0.717, 1.165) is 11.1 Å². The molecule has 0 fully saturated rings. The fourth-order valence-corrected chi connectivity index (χ4v) is 2.45. The van der Waals surface area contributed by atoms with E-state index in [1.165, 1.54) is 6.92 Å². The van der Waals surface area contributed by atoms with Crippen LogP contribution in [0.1, 0.15) is 24.2 Å². The highest BCUT2D eigenvalue weighted by Gasteiger charge is 2.13. The van der Waals surface area contributed by atoms with Crippen molar-refractivity contribution in [3.8, 4) is 5.75 Å². The summed E-state index contributed by atoms with van der Waals surface area (Å²) in [6.07, 6.45) is -0.345. The number of hydrogen-bond donors (Lipinski definition) is 2. The van der Waals surface area contributed by atoms with Gasteiger partial charge in [-0.3, -0.25) is 9.59 Å². The molecule has 0 amide bonds. The van der Waals surface area contributed by atoms with Crippen molar-refractivity contribution < 1.29 is 24.2 Å². The minimum atomic E-state index is -0.858. The highest BCUT2D eigenvalue weighted by Crippen LogP contribution is 2.16. The van der Waals surface area contributed by atoms with Crippen molar-refractivity contribution in [1.29, 1.82) is 0 Å². The lowest BCUT2D eigenvalue weighted by Gasteiger charge is -2.18. The first-order chi connectivity index (χ1) is 12.5. The van der Waals surface area contributed by atoms with Crippen LogP contribution in [-0.2, 0) is 20.7 Å². The Morgan fingerprint density at radius 1 is 1.08 bits per heavy atom. The smallest absolute Gasteiger partial charge is 0.307 e. The van der Waals surface area contributed by atoms with Crippen molar-refractivity contribution in [2.75, 3.05) is 19.7 Å². The highest BCUT2D eigenvalue weighted by molar-refractivity contribution is 5.70. The van der Waals surface area contributed by atoms with E-state index >= 15 is 0 Å². The maximum atomic E-state index is 11.3. The molecule has 138 valence electrons. The third-order valence-corrected chi connectivity index (χ3v) is 3.64. The van der Waals surface area contributed by atoms with Crippen LogP contribution < -0.4 is 10.1 Å². The fraction of sp³-hybridized carbons (Fsp3) is 0.300. The van der Waals surface area contributed by atoms with Gasteiger partial charge in [-0.1, -0.05) is 42.5 Å². The lowest BCUT2D eigenvalue weighted by Crippen LogP contribution is -2.28. The molecule has 6 heteroatoms. The number of aliphatic carboxylic acids is 1. The minimum absolute atomic E-state index is 0.00113. The van der Waals surface area contributed by atoms with E-state index in [0.29, 0.717) is 25.4 Å². The normalized spacial score (nSPS) is 11.6. The Kier molecular flexibility index (Phi) is 7.64. The zero-order valence-corrected chi connectivity index (χ0v) is 14.7. The topological polar surface area (TPSA) is 84.9 Å². The predicted octanol–water partition coefficient (Wildman–Crippen LogP) is 2.59. The molecular weight excluding hydrogens is 334 g/mol. The molecule has 0 aliphatic carbocycles. The number of nitrogens with one attached hydrogen (secondary N) is 1. The molecule has 1 atom stereocenters. The molecule has 1 unspecified atom stereocenters. The number of carbonyl (C=O) groups is 2. The molecule has 26 heavy (non-hydrogen) atoms. The lowest BCUT2D eigenvalue weighted by atomic mass is 10.1. The molecule has 2 N–H and O–H groups in total. The molecule has 0 bridgehead atoms. The molecule has 0 aliphatic rings. The quantitative estimate of drug-likeness (QED) is 0.502. The van der Waals surface area contributed by atoms with Crippen molar-refractivity contribution in [3.63, 3.8) is 0 Å². The first-order valence-corrected chi connectivity index (χ1v) is 8.41. The Labute approximate surface area is 152 Å². The first kappa shape index (κ1) is 19.5. The molecule has 2 aromatic rings. The molecule has 0 aromatic heterocycles. The van der Waals surface area contributed by atoms with Gasteiger partial charge < -0.3 is 19.9 Å². The number of rotatable bonds is 10. The Morgan fingerprint density at radius 3 is 2.38 bits per heavy atom. The van der Waals surface area contributed by atoms with Crippen molar-refractivity contribution >= 4 is 11.9 Å². The Hall–Kier alpha value is -2.86. The zero-order valence-electron chi connectivity index (χ0n) is 14.7. The third-order valence-electron chi connectivity index (χ3n) is 3.64. The van der Waals surface area contributed by atoms with Gasteiger partial charge in [-0.2, -0.15) is 0 Å². The van der Waals surface area contributed by atoms with Crippen LogP contribution in [-0.4, -0.2) is 36.7 Å². The molecule has 2 rings (SSSR count). The Morgan fingerprint density at radius 2 is 1.77 bits per heavy atom. The van der Waals surface area contributed by atoms with Crippen molar-refractivity contribution in [2.45, 2.75) is 19.4 Å². The van der Waals surface area contributed by atoms with Gasteiger partial charge in [0.1, 0.15) is 18.5 Å². The summed E-state index contributed by atoms with van der Waals surface area (Å²) in [6, 6.07) is 16.6. The van der Waals surface area contributed by atoms with Crippen LogP contribution >= 0.6 is 0 Å². The SMILES string of the molecule is CC(=O)OC(CNCCOc1ccc(CC(=O)O)cc1)c1ccccc1. The highest BCUT2D eigenvalue weighted by atomic mass is 16.5. The van der Waals surface area contributed by atoms with Crippen LogP contribution in [0.5, 0.6) is 5.75 Å². The second kappa shape index (κ2) is 10.2. The average Bonchev–Trinajstić information content (AvgIpc) is 2.62. The van der Waals surface area contributed by atoms with Gasteiger partial charge in [-0.05, 0) is 23.3 Å². The first-order valence-electron chi connectivity index (χ1n) is 8.41. The van der Waals surface area contributed by atoms with E-state index in [-0.39, 0.29) is 18.5 Å². The molecule has 6 nitrogen and oxygen atoms in total. The van der Waals surface area contributed by atoms with Gasteiger partial charge in [-0.15, -0.1) is 0 Å². The number of carbonyl (C=O) groups excluding carboxylic acids is 1. The number of carboxylic acid groups (broad SMARTS) is 1. The van der Waals surface area contributed by atoms with E-state index in [9.17, 15) is 9.59 Å². The van der Waals surface area contributed by atoms with E-state index in [2.05, 4.69) is 5.32 Å². The van der Waals surface area contributed by atoms with Gasteiger partial charge >= 0.3 is 11.9 Å². The minimum Gasteiger partial charge on any atom is -0.492 e. The molecule has 0 saturated carbocycles. The summed E-state index contributed by atoms with van der Waals surface area (Å²) in [5.74, 6) is -0.498. The average molecular weight is 357 g/mol. The maximum Gasteiger partial charge on any atom is 0.307 e. The van der Waals surface area contributed by atoms with Gasteiger partial charge in [0.25, 0.3) is 0 Å². The van der Waals surface area contributed by atoms with Gasteiger partial charge in [0.2, 0.25) is 0 Å². The Bertz CT molecular complexity index is 700. The summed E-state index contributed by atoms with van der Waals surface area (Å²) >= 11 is 0. The molecule has 0 spiro atoms. The number of ether oxygens (including phenoxy) is 2. The summed E-state index contributed by atoms with van der Waals surface area (Å²) < 4.78 is 11.0. The van der Waals surface area contributed by atoms with Crippen LogP contribution in [0, 0.1) is 0 Å². The summed E-state index contributed by atoms with van der Waals surface area (Å²) in [5.41, 5.74) is 1.67. The standard InChI is InChI=1S/C20H23NO5/c1-15(22)26-19(17-5-3-2-4-6-17)14-21-11-12-25-18-9-7-16(8-10-18)13-20(23)24/h2-10,19,21H,11-14H2,1H3,(H,23,24). The number of benzene rings is 2. The van der Waals surface area contributed by atoms with Crippen LogP contribution in [0.2, 0.25) is 0 Å². The summed E-state index contributed by atoms with van der Waals surface area (Å²) in [5, 5.41) is 12.0. The molecule has 0 saturated heterocycles. The van der Waals surface area contributed by atoms with Gasteiger partial charge in [-0.25, -0.2) is 0 Å². The number of hydrogen-bond acceptors (Lipinski definition) is 5. The van der Waals surface area contributed by atoms with Gasteiger partial charge in [0.05, 0.1) is 6.42 Å². The lowest BCUT2D eigenvalue weighted by molar-refractivity contribution is -0.146. The predicted molar refractivity (Wildman–Crippen MR) is 97.1 cm³/mol. The second-order valence-corrected chi connectivity index (χ2v) is 5.78. The van der Waals surface area contributed by atoms with Crippen LogP contribution in [0.3, 0.4) is 0 Å². The molecule has 2 aromatic carbocycles. The third kappa shape index (κ3) is 6.94. The number of esters is 1. The van der Waals surface area contributed by atoms with E-state index in [1.54, 1.807) is 24.3 Å². The monoisotopic (exact) mass is 357 g/mol. The number of carboxylic acids is 1. The zero-order chi connectivity index (χ0) is 18.8. The van der Waals surface area contributed by atoms with E-state index in [1.807, 2.05) is 30.3 Å². The van der Waals surface area contributed by atoms with Crippen LogP contribution in [0.25, 0.3) is 0 Å². The molecule has 0 aliphatic heterocycles. The van der Waals surface area contributed by atoms with Crippen molar-refractivity contribution in [2.24, 2.45) is 0 Å². The molecule has 0 radical (unpaired) electrons. The summed E-state index contributed by atoms with van der Waals surface area (Å²) in [7, 11) is 0. The van der Waals surface area contributed by atoms with Gasteiger partial charge in [0, 0.05) is 20.0 Å². The van der Waals surface area contributed by atoms with Gasteiger partial charge in [0.15, 0.2) is 0 Å². The maximum absolute atomic E-state index is 11.3.